The van der Waals surface area contributed by atoms with Crippen LogP contribution in [0.15, 0.2) is 73.3 Å². The van der Waals surface area contributed by atoms with Gasteiger partial charge in [-0.1, -0.05) is 18.2 Å². The monoisotopic (exact) mass is 398 g/mol. The molecule has 1 saturated heterocycles. The summed E-state index contributed by atoms with van der Waals surface area (Å²) in [7, 11) is 0. The largest absolute Gasteiger partial charge is 0.369 e. The third kappa shape index (κ3) is 4.12. The highest BCUT2D eigenvalue weighted by atomic mass is 16.5. The van der Waals surface area contributed by atoms with Crippen LogP contribution in [0.4, 0.5) is 11.6 Å². The molecule has 5 rings (SSSR count). The number of hydrogen-bond acceptors (Lipinski definition) is 7. The van der Waals surface area contributed by atoms with E-state index < -0.39 is 0 Å². The van der Waals surface area contributed by atoms with Gasteiger partial charge in [0.05, 0.1) is 29.7 Å². The highest BCUT2D eigenvalue weighted by Crippen LogP contribution is 2.25. The normalized spacial score (nSPS) is 17.1. The summed E-state index contributed by atoms with van der Waals surface area (Å²) < 4.78 is 6.02. The summed E-state index contributed by atoms with van der Waals surface area (Å²) in [6.45, 7) is 3.26. The lowest BCUT2D eigenvalue weighted by Crippen LogP contribution is -2.38. The van der Waals surface area contributed by atoms with E-state index in [1.54, 1.807) is 24.7 Å². The molecule has 30 heavy (non-hydrogen) atoms. The standard InChI is InChI=1S/C23H22N6O/c1-4-17(19-5-2-9-24-20(19)6-1)15-29-12-13-30-22(16-29)21-8-7-18(14-27-21)28-23-25-10-3-11-26-23/h1-11,14,22H,12-13,15-16H2,(H,25,26,28)/t22-/m0/s1. The van der Waals surface area contributed by atoms with Gasteiger partial charge >= 0.3 is 0 Å². The molecule has 0 amide bonds. The molecule has 1 aromatic carbocycles. The van der Waals surface area contributed by atoms with E-state index in [0.717, 1.165) is 36.5 Å². The highest BCUT2D eigenvalue weighted by molar-refractivity contribution is 5.81. The molecular weight excluding hydrogens is 376 g/mol. The van der Waals surface area contributed by atoms with Gasteiger partial charge in [-0.15, -0.1) is 0 Å². The first kappa shape index (κ1) is 18.6. The van der Waals surface area contributed by atoms with E-state index >= 15 is 0 Å². The van der Waals surface area contributed by atoms with E-state index in [4.69, 9.17) is 4.74 Å². The Labute approximate surface area is 174 Å². The fourth-order valence-electron chi connectivity index (χ4n) is 3.73. The second kappa shape index (κ2) is 8.52. The van der Waals surface area contributed by atoms with Crippen LogP contribution in [0.25, 0.3) is 10.9 Å². The Hall–Kier alpha value is -3.42. The molecule has 1 N–H and O–H groups in total. The Bertz CT molecular complexity index is 1110. The van der Waals surface area contributed by atoms with Gasteiger partial charge in [-0.2, -0.15) is 0 Å². The van der Waals surface area contributed by atoms with Gasteiger partial charge in [0.1, 0.15) is 6.10 Å². The lowest BCUT2D eigenvalue weighted by molar-refractivity contribution is -0.0348. The number of anilines is 2. The number of benzene rings is 1. The van der Waals surface area contributed by atoms with E-state index in [0.29, 0.717) is 12.6 Å². The summed E-state index contributed by atoms with van der Waals surface area (Å²) in [4.78, 5) is 19.8. The van der Waals surface area contributed by atoms with Crippen molar-refractivity contribution in [3.63, 3.8) is 0 Å². The van der Waals surface area contributed by atoms with Gasteiger partial charge in [0.25, 0.3) is 0 Å². The van der Waals surface area contributed by atoms with Gasteiger partial charge < -0.3 is 10.1 Å². The van der Waals surface area contributed by atoms with E-state index in [-0.39, 0.29) is 6.10 Å². The SMILES string of the molecule is c1cnc(Nc2ccc([C@@H]3CN(Cc4cccc5ncccc45)CCO3)nc2)nc1. The average molecular weight is 398 g/mol. The van der Waals surface area contributed by atoms with Crippen molar-refractivity contribution < 1.29 is 4.74 Å². The maximum atomic E-state index is 6.02. The lowest BCUT2D eigenvalue weighted by Gasteiger charge is -2.33. The van der Waals surface area contributed by atoms with Crippen molar-refractivity contribution in [2.75, 3.05) is 25.0 Å². The third-order valence-corrected chi connectivity index (χ3v) is 5.22. The fourth-order valence-corrected chi connectivity index (χ4v) is 3.73. The van der Waals surface area contributed by atoms with Crippen LogP contribution < -0.4 is 5.32 Å². The zero-order valence-electron chi connectivity index (χ0n) is 16.5. The summed E-state index contributed by atoms with van der Waals surface area (Å²) in [6.07, 6.45) is 6.99. The molecule has 0 saturated carbocycles. The molecule has 0 radical (unpaired) electrons. The predicted molar refractivity (Wildman–Crippen MR) is 115 cm³/mol. The minimum atomic E-state index is -0.0473. The van der Waals surface area contributed by atoms with Crippen molar-refractivity contribution in [3.8, 4) is 0 Å². The molecule has 1 atom stereocenters. The second-order valence-corrected chi connectivity index (χ2v) is 7.25. The van der Waals surface area contributed by atoms with Crippen molar-refractivity contribution in [1.29, 1.82) is 0 Å². The smallest absolute Gasteiger partial charge is 0.227 e. The molecular formula is C23H22N6O. The van der Waals surface area contributed by atoms with Crippen LogP contribution in [0, 0.1) is 0 Å². The molecule has 3 aromatic heterocycles. The maximum Gasteiger partial charge on any atom is 0.227 e. The van der Waals surface area contributed by atoms with E-state index in [1.807, 2.05) is 24.4 Å². The highest BCUT2D eigenvalue weighted by Gasteiger charge is 2.23. The van der Waals surface area contributed by atoms with Crippen LogP contribution in [-0.2, 0) is 11.3 Å². The van der Waals surface area contributed by atoms with Crippen LogP contribution in [-0.4, -0.2) is 44.5 Å². The Morgan fingerprint density at radius 3 is 2.70 bits per heavy atom. The number of nitrogens with zero attached hydrogens (tertiary/aromatic N) is 5. The lowest BCUT2D eigenvalue weighted by atomic mass is 10.1. The number of nitrogens with one attached hydrogen (secondary N) is 1. The van der Waals surface area contributed by atoms with Crippen molar-refractivity contribution >= 4 is 22.5 Å². The van der Waals surface area contributed by atoms with Crippen LogP contribution in [0.2, 0.25) is 0 Å². The molecule has 1 aliphatic heterocycles. The predicted octanol–water partition coefficient (Wildman–Crippen LogP) is 3.74. The molecule has 0 spiro atoms. The fraction of sp³-hybridized carbons (Fsp3) is 0.217. The number of hydrogen-bond donors (Lipinski definition) is 1. The van der Waals surface area contributed by atoms with Crippen LogP contribution in [0.5, 0.6) is 0 Å². The van der Waals surface area contributed by atoms with Crippen LogP contribution in [0.3, 0.4) is 0 Å². The summed E-state index contributed by atoms with van der Waals surface area (Å²) in [5, 5.41) is 4.36. The number of pyridine rings is 2. The Balaban J connectivity index is 1.27. The number of ether oxygens (including phenoxy) is 1. The molecule has 7 heteroatoms. The van der Waals surface area contributed by atoms with Crippen molar-refractivity contribution in [1.82, 2.24) is 24.8 Å². The maximum absolute atomic E-state index is 6.02. The van der Waals surface area contributed by atoms with Gasteiger partial charge in [-0.25, -0.2) is 9.97 Å². The van der Waals surface area contributed by atoms with Crippen LogP contribution in [0.1, 0.15) is 17.4 Å². The molecule has 4 aromatic rings. The quantitative estimate of drug-likeness (QED) is 0.549. The Morgan fingerprint density at radius 2 is 1.83 bits per heavy atom. The first-order valence-electron chi connectivity index (χ1n) is 10.0. The summed E-state index contributed by atoms with van der Waals surface area (Å²) in [6, 6.07) is 16.2. The molecule has 150 valence electrons. The molecule has 0 bridgehead atoms. The molecule has 7 nitrogen and oxygen atoms in total. The van der Waals surface area contributed by atoms with E-state index in [1.165, 1.54) is 10.9 Å². The topological polar surface area (TPSA) is 76.1 Å². The van der Waals surface area contributed by atoms with Crippen molar-refractivity contribution in [2.24, 2.45) is 0 Å². The average Bonchev–Trinajstić information content (AvgIpc) is 2.81. The summed E-state index contributed by atoms with van der Waals surface area (Å²) >= 11 is 0. The van der Waals surface area contributed by atoms with Gasteiger partial charge in [0.2, 0.25) is 5.95 Å². The molecule has 0 aliphatic carbocycles. The first-order valence-corrected chi connectivity index (χ1v) is 10.0. The Morgan fingerprint density at radius 1 is 0.933 bits per heavy atom. The number of aromatic nitrogens is 4. The van der Waals surface area contributed by atoms with E-state index in [2.05, 4.69) is 54.4 Å². The van der Waals surface area contributed by atoms with Gasteiger partial charge in [0.15, 0.2) is 0 Å². The van der Waals surface area contributed by atoms with E-state index in [9.17, 15) is 0 Å². The third-order valence-electron chi connectivity index (χ3n) is 5.22. The first-order chi connectivity index (χ1) is 14.8. The minimum absolute atomic E-state index is 0.0473. The zero-order valence-corrected chi connectivity index (χ0v) is 16.5. The van der Waals surface area contributed by atoms with Crippen molar-refractivity contribution in [2.45, 2.75) is 12.6 Å². The minimum Gasteiger partial charge on any atom is -0.369 e. The zero-order chi connectivity index (χ0) is 20.2. The number of rotatable bonds is 5. The number of morpholine rings is 1. The Kier molecular flexibility index (Phi) is 5.28. The van der Waals surface area contributed by atoms with Gasteiger partial charge in [-0.3, -0.25) is 14.9 Å². The summed E-state index contributed by atoms with van der Waals surface area (Å²) in [5.74, 6) is 0.553. The molecule has 0 unspecified atom stereocenters. The molecule has 1 aliphatic rings. The molecule has 4 heterocycles. The van der Waals surface area contributed by atoms with Gasteiger partial charge in [-0.05, 0) is 35.9 Å². The van der Waals surface area contributed by atoms with Crippen LogP contribution >= 0.6 is 0 Å². The summed E-state index contributed by atoms with van der Waals surface area (Å²) in [5.41, 5.74) is 4.10. The van der Waals surface area contributed by atoms with Crippen molar-refractivity contribution in [3.05, 3.63) is 84.6 Å². The number of fused-ring (bicyclic) bond motifs is 1. The van der Waals surface area contributed by atoms with Gasteiger partial charge in [0, 0.05) is 43.6 Å². The second-order valence-electron chi connectivity index (χ2n) is 7.25. The molecule has 1 fully saturated rings.